The van der Waals surface area contributed by atoms with E-state index in [-0.39, 0.29) is 17.8 Å². The van der Waals surface area contributed by atoms with Crippen molar-refractivity contribution in [3.63, 3.8) is 0 Å². The number of benzene rings is 1. The first-order valence-electron chi connectivity index (χ1n) is 8.78. The highest BCUT2D eigenvalue weighted by Crippen LogP contribution is 2.17. The van der Waals surface area contributed by atoms with E-state index in [0.717, 1.165) is 42.6 Å². The van der Waals surface area contributed by atoms with E-state index >= 15 is 0 Å². The zero-order valence-electron chi connectivity index (χ0n) is 14.6. The van der Waals surface area contributed by atoms with E-state index in [9.17, 15) is 9.59 Å². The fraction of sp³-hybridized carbons (Fsp3) is 0.579. The second-order valence-electron chi connectivity index (χ2n) is 6.84. The lowest BCUT2D eigenvalue weighted by atomic mass is 10.0. The minimum Gasteiger partial charge on any atom is -0.368 e. The summed E-state index contributed by atoms with van der Waals surface area (Å²) in [7, 11) is 0. The topological polar surface area (TPSA) is 49.9 Å². The van der Waals surface area contributed by atoms with Crippen molar-refractivity contribution < 1.29 is 14.3 Å². The number of aryl methyl sites for hydroxylation is 2. The quantitative estimate of drug-likeness (QED) is 0.790. The number of ketones is 1. The molecule has 0 bridgehead atoms. The number of piperazine rings is 1. The third kappa shape index (κ3) is 3.84. The number of hydrogen-bond acceptors (Lipinski definition) is 4. The Bertz CT molecular complexity index is 615. The van der Waals surface area contributed by atoms with E-state index in [2.05, 4.69) is 4.90 Å². The lowest BCUT2D eigenvalue weighted by molar-refractivity contribution is -0.142. The van der Waals surface area contributed by atoms with Crippen LogP contribution in [-0.2, 0) is 9.53 Å². The van der Waals surface area contributed by atoms with Crippen LogP contribution in [0, 0.1) is 13.8 Å². The molecule has 1 aromatic carbocycles. The Kier molecular flexibility index (Phi) is 5.31. The highest BCUT2D eigenvalue weighted by molar-refractivity contribution is 5.99. The Hall–Kier alpha value is -1.72. The van der Waals surface area contributed by atoms with Crippen molar-refractivity contribution >= 4 is 11.7 Å². The van der Waals surface area contributed by atoms with Crippen LogP contribution < -0.4 is 0 Å². The Balaban J connectivity index is 1.52. The van der Waals surface area contributed by atoms with Gasteiger partial charge in [0.2, 0.25) is 0 Å². The molecule has 0 radical (unpaired) electrons. The van der Waals surface area contributed by atoms with E-state index in [4.69, 9.17) is 4.74 Å². The first-order chi connectivity index (χ1) is 11.5. The molecule has 130 valence electrons. The van der Waals surface area contributed by atoms with Crippen molar-refractivity contribution in [3.05, 3.63) is 34.9 Å². The van der Waals surface area contributed by atoms with Crippen LogP contribution in [0.1, 0.15) is 34.3 Å². The predicted octanol–water partition coefficient (Wildman–Crippen LogP) is 1.81. The van der Waals surface area contributed by atoms with E-state index < -0.39 is 0 Å². The Morgan fingerprint density at radius 3 is 2.58 bits per heavy atom. The van der Waals surface area contributed by atoms with E-state index in [1.54, 1.807) is 0 Å². The summed E-state index contributed by atoms with van der Waals surface area (Å²) >= 11 is 0. The van der Waals surface area contributed by atoms with Gasteiger partial charge in [-0.1, -0.05) is 17.7 Å². The molecule has 1 aromatic rings. The van der Waals surface area contributed by atoms with Crippen molar-refractivity contribution in [2.24, 2.45) is 0 Å². The fourth-order valence-corrected chi connectivity index (χ4v) is 3.43. The molecule has 0 aromatic heterocycles. The highest BCUT2D eigenvalue weighted by atomic mass is 16.5. The first-order valence-corrected chi connectivity index (χ1v) is 8.78. The molecular formula is C19H26N2O3. The van der Waals surface area contributed by atoms with Crippen LogP contribution in [0.4, 0.5) is 0 Å². The van der Waals surface area contributed by atoms with Gasteiger partial charge >= 0.3 is 0 Å². The van der Waals surface area contributed by atoms with Crippen LogP contribution in [0.2, 0.25) is 0 Å². The van der Waals surface area contributed by atoms with Crippen LogP contribution in [0.5, 0.6) is 0 Å². The molecule has 1 amide bonds. The summed E-state index contributed by atoms with van der Waals surface area (Å²) in [4.78, 5) is 28.9. The van der Waals surface area contributed by atoms with Gasteiger partial charge < -0.3 is 9.64 Å². The normalized spacial score (nSPS) is 21.9. The SMILES string of the molecule is Cc1ccc(C)c(C(=O)CN2CCN(C(=O)C3CCCO3)CC2)c1. The maximum absolute atomic E-state index is 12.6. The summed E-state index contributed by atoms with van der Waals surface area (Å²) in [5, 5.41) is 0. The number of ether oxygens (including phenoxy) is 1. The summed E-state index contributed by atoms with van der Waals surface area (Å²) in [5.41, 5.74) is 2.95. The van der Waals surface area contributed by atoms with Crippen molar-refractivity contribution in [1.29, 1.82) is 0 Å². The maximum atomic E-state index is 12.6. The van der Waals surface area contributed by atoms with Crippen LogP contribution >= 0.6 is 0 Å². The van der Waals surface area contributed by atoms with Gasteiger partial charge in [-0.15, -0.1) is 0 Å². The number of carbonyl (C=O) groups is 2. The van der Waals surface area contributed by atoms with E-state index in [1.165, 1.54) is 0 Å². The molecule has 0 aliphatic carbocycles. The van der Waals surface area contributed by atoms with Crippen molar-refractivity contribution in [1.82, 2.24) is 9.80 Å². The van der Waals surface area contributed by atoms with Gasteiger partial charge in [-0.2, -0.15) is 0 Å². The molecule has 2 heterocycles. The number of rotatable bonds is 4. The number of carbonyl (C=O) groups excluding carboxylic acids is 2. The van der Waals surface area contributed by atoms with E-state index in [0.29, 0.717) is 26.2 Å². The van der Waals surface area contributed by atoms with Gasteiger partial charge in [-0.3, -0.25) is 14.5 Å². The molecule has 2 saturated heterocycles. The van der Waals surface area contributed by atoms with Gasteiger partial charge in [-0.25, -0.2) is 0 Å². The van der Waals surface area contributed by atoms with Crippen LogP contribution in [0.25, 0.3) is 0 Å². The second-order valence-corrected chi connectivity index (χ2v) is 6.84. The van der Waals surface area contributed by atoms with E-state index in [1.807, 2.05) is 36.9 Å². The molecule has 5 heteroatoms. The zero-order chi connectivity index (χ0) is 17.1. The van der Waals surface area contributed by atoms with Crippen molar-refractivity contribution in [2.45, 2.75) is 32.8 Å². The van der Waals surface area contributed by atoms with Crippen LogP contribution in [0.3, 0.4) is 0 Å². The monoisotopic (exact) mass is 330 g/mol. The van der Waals surface area contributed by atoms with Gasteiger partial charge in [-0.05, 0) is 38.3 Å². The molecule has 0 saturated carbocycles. The molecule has 3 rings (SSSR count). The Morgan fingerprint density at radius 1 is 1.17 bits per heavy atom. The lowest BCUT2D eigenvalue weighted by Crippen LogP contribution is -2.52. The second kappa shape index (κ2) is 7.45. The van der Waals surface area contributed by atoms with Crippen LogP contribution in [0.15, 0.2) is 18.2 Å². The summed E-state index contributed by atoms with van der Waals surface area (Å²) in [6.45, 7) is 7.95. The molecule has 5 nitrogen and oxygen atoms in total. The molecule has 1 atom stereocenters. The highest BCUT2D eigenvalue weighted by Gasteiger charge is 2.30. The molecule has 0 N–H and O–H groups in total. The van der Waals surface area contributed by atoms with Gasteiger partial charge in [0.25, 0.3) is 5.91 Å². The molecular weight excluding hydrogens is 304 g/mol. The van der Waals surface area contributed by atoms with Crippen LogP contribution in [-0.4, -0.2) is 66.9 Å². The fourth-order valence-electron chi connectivity index (χ4n) is 3.43. The van der Waals surface area contributed by atoms with Gasteiger partial charge in [0.1, 0.15) is 6.10 Å². The average molecular weight is 330 g/mol. The third-order valence-electron chi connectivity index (χ3n) is 4.95. The molecule has 1 unspecified atom stereocenters. The lowest BCUT2D eigenvalue weighted by Gasteiger charge is -2.35. The average Bonchev–Trinajstić information content (AvgIpc) is 3.11. The molecule has 24 heavy (non-hydrogen) atoms. The molecule has 0 spiro atoms. The standard InChI is InChI=1S/C19H26N2O3/c1-14-5-6-15(2)16(12-14)17(22)13-20-7-9-21(10-8-20)19(23)18-4-3-11-24-18/h5-6,12,18H,3-4,7-11,13H2,1-2H3. The molecule has 2 fully saturated rings. The predicted molar refractivity (Wildman–Crippen MR) is 92.2 cm³/mol. The summed E-state index contributed by atoms with van der Waals surface area (Å²) < 4.78 is 5.48. The Morgan fingerprint density at radius 2 is 1.92 bits per heavy atom. The minimum absolute atomic E-state index is 0.119. The third-order valence-corrected chi connectivity index (χ3v) is 4.95. The number of amides is 1. The van der Waals surface area contributed by atoms with Gasteiger partial charge in [0.15, 0.2) is 5.78 Å². The summed E-state index contributed by atoms with van der Waals surface area (Å²) in [6.07, 6.45) is 1.57. The first kappa shape index (κ1) is 17.1. The molecule has 2 aliphatic rings. The number of hydrogen-bond donors (Lipinski definition) is 0. The summed E-state index contributed by atoms with van der Waals surface area (Å²) in [5.74, 6) is 0.281. The molecule has 2 aliphatic heterocycles. The largest absolute Gasteiger partial charge is 0.368 e. The number of Topliss-reactive ketones (excluding diaryl/α,β-unsaturated/α-hetero) is 1. The van der Waals surface area contributed by atoms with Gasteiger partial charge in [0, 0.05) is 38.3 Å². The smallest absolute Gasteiger partial charge is 0.251 e. The van der Waals surface area contributed by atoms with Gasteiger partial charge in [0.05, 0.1) is 6.54 Å². The number of nitrogens with zero attached hydrogens (tertiary/aromatic N) is 2. The maximum Gasteiger partial charge on any atom is 0.251 e. The van der Waals surface area contributed by atoms with Crippen molar-refractivity contribution in [3.8, 4) is 0 Å². The zero-order valence-corrected chi connectivity index (χ0v) is 14.6. The summed E-state index contributed by atoms with van der Waals surface area (Å²) in [6, 6.07) is 6.00. The Labute approximate surface area is 143 Å². The van der Waals surface area contributed by atoms with Crippen molar-refractivity contribution in [2.75, 3.05) is 39.3 Å². The minimum atomic E-state index is -0.242.